The van der Waals surface area contributed by atoms with Gasteiger partial charge < -0.3 is 5.32 Å². The summed E-state index contributed by atoms with van der Waals surface area (Å²) in [4.78, 5) is 24.5. The number of hydrogen-bond acceptors (Lipinski definition) is 4. The fourth-order valence-corrected chi connectivity index (χ4v) is 2.76. The molecule has 1 atom stereocenters. The van der Waals surface area contributed by atoms with Crippen LogP contribution in [-0.2, 0) is 9.59 Å². The summed E-state index contributed by atoms with van der Waals surface area (Å²) in [7, 11) is 0. The Morgan fingerprint density at radius 1 is 1.53 bits per heavy atom. The van der Waals surface area contributed by atoms with Crippen molar-refractivity contribution in [1.29, 1.82) is 0 Å². The van der Waals surface area contributed by atoms with E-state index >= 15 is 0 Å². The van der Waals surface area contributed by atoms with Gasteiger partial charge in [0.05, 0.1) is 10.9 Å². The second-order valence-electron chi connectivity index (χ2n) is 4.05. The van der Waals surface area contributed by atoms with Gasteiger partial charge in [-0.1, -0.05) is 19.1 Å². The predicted molar refractivity (Wildman–Crippen MR) is 76.3 cm³/mol. The third-order valence-corrected chi connectivity index (χ3v) is 3.82. The number of carbonyl (C=O) groups excluding carboxylic acids is 2. The lowest BCUT2D eigenvalue weighted by Gasteiger charge is -2.23. The lowest BCUT2D eigenvalue weighted by Crippen LogP contribution is -2.33. The van der Waals surface area contributed by atoms with Crippen LogP contribution >= 0.6 is 11.8 Å². The summed E-state index contributed by atoms with van der Waals surface area (Å²) in [6.07, 6.45) is 2.49. The number of hydrogen-bond donors (Lipinski definition) is 2. The summed E-state index contributed by atoms with van der Waals surface area (Å²) in [5, 5.41) is 6.15. The Labute approximate surface area is 115 Å². The van der Waals surface area contributed by atoms with Gasteiger partial charge in [0.1, 0.15) is 0 Å². The van der Waals surface area contributed by atoms with E-state index in [1.54, 1.807) is 6.21 Å². The molecule has 2 amide bonds. The van der Waals surface area contributed by atoms with Crippen molar-refractivity contribution in [1.82, 2.24) is 5.43 Å². The van der Waals surface area contributed by atoms with E-state index in [9.17, 15) is 9.59 Å². The number of nitrogens with zero attached hydrogens (tertiary/aromatic N) is 1. The van der Waals surface area contributed by atoms with E-state index in [4.69, 9.17) is 0 Å². The molecule has 0 saturated carbocycles. The van der Waals surface area contributed by atoms with Gasteiger partial charge >= 0.3 is 0 Å². The molecule has 0 aliphatic carbocycles. The van der Waals surface area contributed by atoms with Crippen LogP contribution < -0.4 is 10.7 Å². The molecule has 6 heteroatoms. The number of carbonyl (C=O) groups is 2. The highest BCUT2D eigenvalue weighted by Gasteiger charge is 2.28. The van der Waals surface area contributed by atoms with Crippen molar-refractivity contribution < 1.29 is 9.59 Å². The summed E-state index contributed by atoms with van der Waals surface area (Å²) in [6.45, 7) is 1.93. The number of nitrogens with one attached hydrogen (secondary N) is 2. The molecule has 0 saturated heterocycles. The summed E-state index contributed by atoms with van der Waals surface area (Å²) in [5.74, 6) is -0.393. The maximum absolute atomic E-state index is 11.9. The zero-order valence-corrected chi connectivity index (χ0v) is 11.4. The van der Waals surface area contributed by atoms with Gasteiger partial charge in [0.2, 0.25) is 11.8 Å². The van der Waals surface area contributed by atoms with Crippen LogP contribution in [0, 0.1) is 0 Å². The Morgan fingerprint density at radius 2 is 2.32 bits per heavy atom. The van der Waals surface area contributed by atoms with Crippen molar-refractivity contribution in [2.75, 3.05) is 5.32 Å². The van der Waals surface area contributed by atoms with Gasteiger partial charge in [0.15, 0.2) is 0 Å². The number of amides is 2. The lowest BCUT2D eigenvalue weighted by atomic mass is 10.2. The van der Waals surface area contributed by atoms with Gasteiger partial charge in [-0.25, -0.2) is 5.43 Å². The summed E-state index contributed by atoms with van der Waals surface area (Å²) < 4.78 is 0. The number of anilines is 1. The molecule has 2 N–H and O–H groups in total. The molecular formula is C13H15N3O2S. The molecule has 0 fully saturated rings. The molecule has 1 aromatic carbocycles. The van der Waals surface area contributed by atoms with Crippen molar-refractivity contribution in [2.45, 2.75) is 29.9 Å². The average molecular weight is 277 g/mol. The number of hydrazone groups is 1. The van der Waals surface area contributed by atoms with Crippen LogP contribution in [-0.4, -0.2) is 23.3 Å². The third kappa shape index (κ3) is 3.57. The van der Waals surface area contributed by atoms with Crippen molar-refractivity contribution in [3.63, 3.8) is 0 Å². The van der Waals surface area contributed by atoms with Crippen LogP contribution in [0.5, 0.6) is 0 Å². The van der Waals surface area contributed by atoms with Gasteiger partial charge in [0.25, 0.3) is 0 Å². The Bertz CT molecular complexity index is 516. The van der Waals surface area contributed by atoms with Crippen molar-refractivity contribution >= 4 is 35.5 Å². The van der Waals surface area contributed by atoms with Crippen LogP contribution in [0.2, 0.25) is 0 Å². The standard InChI is InChI=1S/C13H15N3O2S/c1-2-7-14-16-12(17)8-11-13(18)15-9-5-3-4-6-10(9)19-11/h3-7,11H,2,8H2,1H3,(H,15,18)(H,16,17)/b14-7-/t11-/m0/s1. The Hall–Kier alpha value is -1.82. The number of rotatable bonds is 4. The van der Waals surface area contributed by atoms with E-state index < -0.39 is 5.25 Å². The fourth-order valence-electron chi connectivity index (χ4n) is 1.65. The normalized spacial score (nSPS) is 17.9. The van der Waals surface area contributed by atoms with Gasteiger partial charge in [0, 0.05) is 17.5 Å². The Morgan fingerprint density at radius 3 is 3.11 bits per heavy atom. The molecule has 0 aromatic heterocycles. The van der Waals surface area contributed by atoms with Crippen LogP contribution in [0.15, 0.2) is 34.3 Å². The van der Waals surface area contributed by atoms with E-state index in [-0.39, 0.29) is 18.2 Å². The van der Waals surface area contributed by atoms with Crippen molar-refractivity contribution in [3.05, 3.63) is 24.3 Å². The lowest BCUT2D eigenvalue weighted by molar-refractivity contribution is -0.124. The van der Waals surface area contributed by atoms with E-state index in [1.165, 1.54) is 11.8 Å². The van der Waals surface area contributed by atoms with E-state index in [0.717, 1.165) is 17.0 Å². The molecule has 19 heavy (non-hydrogen) atoms. The average Bonchev–Trinajstić information content (AvgIpc) is 2.40. The zero-order valence-electron chi connectivity index (χ0n) is 10.6. The minimum absolute atomic E-state index is 0.117. The molecule has 1 heterocycles. The van der Waals surface area contributed by atoms with Crippen LogP contribution in [0.3, 0.4) is 0 Å². The first-order valence-electron chi connectivity index (χ1n) is 6.07. The molecule has 2 rings (SSSR count). The number of thioether (sulfide) groups is 1. The highest BCUT2D eigenvalue weighted by molar-refractivity contribution is 8.01. The van der Waals surface area contributed by atoms with E-state index in [1.807, 2.05) is 31.2 Å². The second-order valence-corrected chi connectivity index (χ2v) is 5.30. The molecule has 5 nitrogen and oxygen atoms in total. The Balaban J connectivity index is 1.97. The minimum atomic E-state index is -0.410. The van der Waals surface area contributed by atoms with Gasteiger partial charge in [-0.05, 0) is 18.6 Å². The van der Waals surface area contributed by atoms with Crippen LogP contribution in [0.4, 0.5) is 5.69 Å². The minimum Gasteiger partial charge on any atom is -0.324 e. The molecule has 100 valence electrons. The first-order valence-corrected chi connectivity index (χ1v) is 6.95. The molecule has 0 unspecified atom stereocenters. The molecule has 1 aromatic rings. The number of benzene rings is 1. The third-order valence-electron chi connectivity index (χ3n) is 2.54. The maximum Gasteiger partial charge on any atom is 0.241 e. The molecule has 0 radical (unpaired) electrons. The number of fused-ring (bicyclic) bond motifs is 1. The van der Waals surface area contributed by atoms with Gasteiger partial charge in [-0.3, -0.25) is 9.59 Å². The zero-order chi connectivity index (χ0) is 13.7. The molecule has 0 bridgehead atoms. The van der Waals surface area contributed by atoms with E-state index in [2.05, 4.69) is 15.8 Å². The summed E-state index contributed by atoms with van der Waals surface area (Å²) in [5.41, 5.74) is 3.22. The molecular weight excluding hydrogens is 262 g/mol. The molecule has 1 aliphatic heterocycles. The first-order chi connectivity index (χ1) is 9.20. The Kier molecular flexibility index (Phi) is 4.57. The largest absolute Gasteiger partial charge is 0.324 e. The summed E-state index contributed by atoms with van der Waals surface area (Å²) in [6, 6.07) is 7.56. The number of para-hydroxylation sites is 1. The second kappa shape index (κ2) is 6.38. The van der Waals surface area contributed by atoms with Gasteiger partial charge in [-0.15, -0.1) is 11.8 Å². The van der Waals surface area contributed by atoms with Gasteiger partial charge in [-0.2, -0.15) is 5.10 Å². The molecule has 0 spiro atoms. The van der Waals surface area contributed by atoms with Crippen molar-refractivity contribution in [2.24, 2.45) is 5.10 Å². The van der Waals surface area contributed by atoms with Crippen LogP contribution in [0.1, 0.15) is 19.8 Å². The quantitative estimate of drug-likeness (QED) is 0.653. The van der Waals surface area contributed by atoms with Crippen LogP contribution in [0.25, 0.3) is 0 Å². The van der Waals surface area contributed by atoms with E-state index in [0.29, 0.717) is 0 Å². The first kappa shape index (κ1) is 13.6. The highest BCUT2D eigenvalue weighted by atomic mass is 32.2. The maximum atomic E-state index is 11.9. The fraction of sp³-hybridized carbons (Fsp3) is 0.308. The summed E-state index contributed by atoms with van der Waals surface area (Å²) >= 11 is 1.41. The SMILES string of the molecule is CC/C=N\NC(=O)C[C@@H]1Sc2ccccc2NC1=O. The smallest absolute Gasteiger partial charge is 0.241 e. The predicted octanol–water partition coefficient (Wildman–Crippen LogP) is 2.00. The topological polar surface area (TPSA) is 70.6 Å². The molecule has 1 aliphatic rings. The monoisotopic (exact) mass is 277 g/mol. The van der Waals surface area contributed by atoms with Crippen molar-refractivity contribution in [3.8, 4) is 0 Å². The highest BCUT2D eigenvalue weighted by Crippen LogP contribution is 2.36.